The zero-order chi connectivity index (χ0) is 22.5. The number of likely N-dealkylation sites (tertiary alicyclic amines) is 1. The number of ether oxygens (including phenoxy) is 3. The van der Waals surface area contributed by atoms with E-state index in [0.717, 1.165) is 46.8 Å². The standard InChI is InChI=1S/C24H26N2O5S/c1-24(2)30-19-13-26(3)18(21(19)31-24)8-9-29-17-7-6-15-10-14(4-5-16(15)12-17)11-20-22(27)25-23(28)32-20/h4-7,10-12,18-19,21H,8-9,13H2,1-3H3,(H,25,27,28)/b20-11-/t18?,19-,21+/m1/s1. The number of amides is 2. The van der Waals surface area contributed by atoms with Gasteiger partial charge in [-0.25, -0.2) is 0 Å². The quantitative estimate of drug-likeness (QED) is 0.689. The van der Waals surface area contributed by atoms with Crippen LogP contribution >= 0.6 is 11.8 Å². The van der Waals surface area contributed by atoms with Gasteiger partial charge in [-0.3, -0.25) is 19.8 Å². The van der Waals surface area contributed by atoms with Gasteiger partial charge in [0, 0.05) is 12.6 Å². The van der Waals surface area contributed by atoms with Crippen LogP contribution in [0.4, 0.5) is 4.79 Å². The lowest BCUT2D eigenvalue weighted by Gasteiger charge is -2.27. The first kappa shape index (κ1) is 21.5. The molecule has 168 valence electrons. The number of carbonyl (C=O) groups excluding carboxylic acids is 2. The van der Waals surface area contributed by atoms with Crippen molar-refractivity contribution in [2.45, 2.75) is 44.3 Å². The van der Waals surface area contributed by atoms with Crippen LogP contribution in [-0.2, 0) is 14.3 Å². The minimum Gasteiger partial charge on any atom is -0.494 e. The van der Waals surface area contributed by atoms with Gasteiger partial charge in [-0.05, 0) is 79.7 Å². The fourth-order valence-corrected chi connectivity index (χ4v) is 5.36. The maximum atomic E-state index is 11.8. The molecule has 0 radical (unpaired) electrons. The number of hydrogen-bond acceptors (Lipinski definition) is 7. The van der Waals surface area contributed by atoms with Crippen molar-refractivity contribution in [2.24, 2.45) is 0 Å². The predicted molar refractivity (Wildman–Crippen MR) is 123 cm³/mol. The molecule has 3 saturated heterocycles. The van der Waals surface area contributed by atoms with E-state index in [0.29, 0.717) is 11.5 Å². The molecular weight excluding hydrogens is 428 g/mol. The highest BCUT2D eigenvalue weighted by molar-refractivity contribution is 8.18. The molecule has 7 nitrogen and oxygen atoms in total. The molecule has 3 atom stereocenters. The van der Waals surface area contributed by atoms with E-state index in [4.69, 9.17) is 14.2 Å². The lowest BCUT2D eigenvalue weighted by atomic mass is 10.1. The average Bonchev–Trinajstić information content (AvgIpc) is 3.30. The van der Waals surface area contributed by atoms with Gasteiger partial charge in [0.15, 0.2) is 5.79 Å². The van der Waals surface area contributed by atoms with Crippen molar-refractivity contribution < 1.29 is 23.8 Å². The summed E-state index contributed by atoms with van der Waals surface area (Å²) in [5.41, 5.74) is 0.874. The fraction of sp³-hybridized carbons (Fsp3) is 0.417. The van der Waals surface area contributed by atoms with Crippen molar-refractivity contribution in [1.82, 2.24) is 10.2 Å². The number of nitrogens with one attached hydrogen (secondary N) is 1. The maximum Gasteiger partial charge on any atom is 0.290 e. The number of hydrogen-bond donors (Lipinski definition) is 1. The van der Waals surface area contributed by atoms with Gasteiger partial charge in [0.1, 0.15) is 18.0 Å². The molecule has 32 heavy (non-hydrogen) atoms. The molecule has 3 aliphatic heterocycles. The first-order valence-corrected chi connectivity index (χ1v) is 11.6. The van der Waals surface area contributed by atoms with Gasteiger partial charge in [0.25, 0.3) is 11.1 Å². The number of carbonyl (C=O) groups is 2. The number of benzene rings is 2. The molecule has 1 unspecified atom stereocenters. The second-order valence-corrected chi connectivity index (χ2v) is 9.92. The minimum atomic E-state index is -0.515. The SMILES string of the molecule is CN1C[C@H]2OC(C)(C)O[C@H]2C1CCOc1ccc2cc(/C=C3\SC(=O)NC3=O)ccc2c1. The van der Waals surface area contributed by atoms with E-state index in [2.05, 4.69) is 17.3 Å². The third kappa shape index (κ3) is 4.28. The van der Waals surface area contributed by atoms with Crippen LogP contribution in [-0.4, -0.2) is 60.3 Å². The third-order valence-electron chi connectivity index (χ3n) is 6.09. The Morgan fingerprint density at radius 2 is 1.97 bits per heavy atom. The van der Waals surface area contributed by atoms with Crippen LogP contribution < -0.4 is 10.1 Å². The fourth-order valence-electron chi connectivity index (χ4n) is 4.68. The smallest absolute Gasteiger partial charge is 0.290 e. The molecule has 8 heteroatoms. The summed E-state index contributed by atoms with van der Waals surface area (Å²) < 4.78 is 18.2. The van der Waals surface area contributed by atoms with Crippen LogP contribution in [0.2, 0.25) is 0 Å². The van der Waals surface area contributed by atoms with E-state index in [9.17, 15) is 9.59 Å². The van der Waals surface area contributed by atoms with Crippen LogP contribution in [0.15, 0.2) is 41.3 Å². The van der Waals surface area contributed by atoms with Crippen molar-refractivity contribution >= 4 is 39.8 Å². The molecule has 3 aliphatic rings. The summed E-state index contributed by atoms with van der Waals surface area (Å²) in [4.78, 5) is 25.8. The van der Waals surface area contributed by atoms with E-state index in [1.807, 2.05) is 50.2 Å². The molecule has 3 heterocycles. The van der Waals surface area contributed by atoms with Crippen molar-refractivity contribution in [3.05, 3.63) is 46.9 Å². The Morgan fingerprint density at radius 1 is 1.19 bits per heavy atom. The molecule has 0 aliphatic carbocycles. The van der Waals surface area contributed by atoms with Crippen LogP contribution in [0, 0.1) is 0 Å². The molecule has 3 fully saturated rings. The van der Waals surface area contributed by atoms with Crippen molar-refractivity contribution in [2.75, 3.05) is 20.2 Å². The summed E-state index contributed by atoms with van der Waals surface area (Å²) in [5.74, 6) is -0.0410. The Labute approximate surface area is 191 Å². The molecule has 0 aromatic heterocycles. The lowest BCUT2D eigenvalue weighted by Crippen LogP contribution is -2.37. The highest BCUT2D eigenvalue weighted by Gasteiger charge is 2.51. The number of thioether (sulfide) groups is 1. The Balaban J connectivity index is 1.22. The molecule has 0 bridgehead atoms. The largest absolute Gasteiger partial charge is 0.494 e. The zero-order valence-electron chi connectivity index (χ0n) is 18.3. The highest BCUT2D eigenvalue weighted by Crippen LogP contribution is 2.37. The van der Waals surface area contributed by atoms with Crippen LogP contribution in [0.3, 0.4) is 0 Å². The molecule has 1 N–H and O–H groups in total. The predicted octanol–water partition coefficient (Wildman–Crippen LogP) is 3.77. The summed E-state index contributed by atoms with van der Waals surface area (Å²) in [7, 11) is 2.11. The minimum absolute atomic E-state index is 0.0816. The lowest BCUT2D eigenvalue weighted by molar-refractivity contribution is -0.160. The molecule has 5 rings (SSSR count). The summed E-state index contributed by atoms with van der Waals surface area (Å²) in [5, 5.41) is 4.03. The second-order valence-electron chi connectivity index (χ2n) is 8.90. The molecule has 2 aromatic rings. The Morgan fingerprint density at radius 3 is 2.75 bits per heavy atom. The van der Waals surface area contributed by atoms with Crippen LogP contribution in [0.5, 0.6) is 5.75 Å². The Bertz CT molecular complexity index is 1110. The van der Waals surface area contributed by atoms with E-state index in [1.165, 1.54) is 0 Å². The first-order chi connectivity index (χ1) is 15.3. The highest BCUT2D eigenvalue weighted by atomic mass is 32.2. The average molecular weight is 455 g/mol. The van der Waals surface area contributed by atoms with Gasteiger partial charge >= 0.3 is 0 Å². The maximum absolute atomic E-state index is 11.8. The van der Waals surface area contributed by atoms with Crippen LogP contribution in [0.1, 0.15) is 25.8 Å². The number of imide groups is 1. The van der Waals surface area contributed by atoms with E-state index < -0.39 is 5.79 Å². The number of rotatable bonds is 5. The number of nitrogens with zero attached hydrogens (tertiary/aromatic N) is 1. The third-order valence-corrected chi connectivity index (χ3v) is 6.90. The summed E-state index contributed by atoms with van der Waals surface area (Å²) in [6, 6.07) is 12.2. The Kier molecular flexibility index (Phi) is 5.49. The second kappa shape index (κ2) is 8.19. The number of fused-ring (bicyclic) bond motifs is 2. The molecule has 2 amide bonds. The van der Waals surface area contributed by atoms with Gasteiger partial charge in [-0.2, -0.15) is 0 Å². The molecule has 0 spiro atoms. The van der Waals surface area contributed by atoms with Crippen molar-refractivity contribution in [3.8, 4) is 5.75 Å². The molecule has 2 aromatic carbocycles. The molecular formula is C24H26N2O5S. The summed E-state index contributed by atoms with van der Waals surface area (Å²) in [6.07, 6.45) is 2.80. The molecule has 0 saturated carbocycles. The normalized spacial score (nSPS) is 28.5. The van der Waals surface area contributed by atoms with Gasteiger partial charge in [0.05, 0.1) is 11.5 Å². The zero-order valence-corrected chi connectivity index (χ0v) is 19.1. The van der Waals surface area contributed by atoms with Crippen molar-refractivity contribution in [3.63, 3.8) is 0 Å². The van der Waals surface area contributed by atoms with E-state index in [1.54, 1.807) is 6.08 Å². The van der Waals surface area contributed by atoms with Crippen LogP contribution in [0.25, 0.3) is 16.8 Å². The van der Waals surface area contributed by atoms with Crippen molar-refractivity contribution in [1.29, 1.82) is 0 Å². The summed E-state index contributed by atoms with van der Waals surface area (Å²) in [6.45, 7) is 5.41. The van der Waals surface area contributed by atoms with E-state index >= 15 is 0 Å². The number of likely N-dealkylation sites (N-methyl/N-ethyl adjacent to an activating group) is 1. The van der Waals surface area contributed by atoms with Gasteiger partial charge in [-0.15, -0.1) is 0 Å². The monoisotopic (exact) mass is 454 g/mol. The topological polar surface area (TPSA) is 77.1 Å². The Hall–Kier alpha value is -2.39. The van der Waals surface area contributed by atoms with Gasteiger partial charge in [0.2, 0.25) is 0 Å². The van der Waals surface area contributed by atoms with E-state index in [-0.39, 0.29) is 29.4 Å². The summed E-state index contributed by atoms with van der Waals surface area (Å²) >= 11 is 0.923. The van der Waals surface area contributed by atoms with Gasteiger partial charge < -0.3 is 14.2 Å². The van der Waals surface area contributed by atoms with Gasteiger partial charge in [-0.1, -0.05) is 18.2 Å². The first-order valence-electron chi connectivity index (χ1n) is 10.7.